The summed E-state index contributed by atoms with van der Waals surface area (Å²) in [7, 11) is 0. The van der Waals surface area contributed by atoms with Crippen molar-refractivity contribution in [3.05, 3.63) is 53.0 Å². The van der Waals surface area contributed by atoms with E-state index in [0.29, 0.717) is 16.6 Å². The third kappa shape index (κ3) is 4.50. The lowest BCUT2D eigenvalue weighted by atomic mass is 10.1. The second-order valence-electron chi connectivity index (χ2n) is 8.44. The van der Waals surface area contributed by atoms with Crippen LogP contribution in [0.3, 0.4) is 0 Å². The molecule has 0 saturated heterocycles. The Kier molecular flexibility index (Phi) is 5.77. The van der Waals surface area contributed by atoms with Crippen molar-refractivity contribution in [2.24, 2.45) is 0 Å². The lowest BCUT2D eigenvalue weighted by Gasteiger charge is -2.28. The molecule has 34 heavy (non-hydrogen) atoms. The number of anilines is 4. The molecule has 4 aromatic heterocycles. The lowest BCUT2D eigenvalue weighted by molar-refractivity contribution is 0.122. The van der Waals surface area contributed by atoms with E-state index in [1.165, 1.54) is 11.3 Å². The van der Waals surface area contributed by atoms with Crippen LogP contribution >= 0.6 is 11.3 Å². The zero-order chi connectivity index (χ0) is 23.7. The van der Waals surface area contributed by atoms with Crippen molar-refractivity contribution in [3.63, 3.8) is 0 Å². The molecule has 0 aromatic carbocycles. The van der Waals surface area contributed by atoms with Crippen LogP contribution in [0.15, 0.2) is 42.3 Å². The number of thiazole rings is 1. The zero-order valence-electron chi connectivity index (χ0n) is 19.2. The summed E-state index contributed by atoms with van der Waals surface area (Å²) in [5.74, 6) is 8.08. The van der Waals surface area contributed by atoms with Gasteiger partial charge in [-0.1, -0.05) is 5.92 Å². The van der Waals surface area contributed by atoms with Crippen LogP contribution in [-0.4, -0.2) is 46.2 Å². The van der Waals surface area contributed by atoms with Crippen molar-refractivity contribution >= 4 is 34.6 Å². The van der Waals surface area contributed by atoms with Gasteiger partial charge in [-0.15, -0.1) is 11.3 Å². The minimum atomic E-state index is -1.32. The highest BCUT2D eigenvalue weighted by Gasteiger charge is 2.24. The normalized spacial score (nSPS) is 14.9. The number of aromatic nitrogens is 7. The number of fused-ring (bicyclic) bond motifs is 1. The van der Waals surface area contributed by atoms with Crippen molar-refractivity contribution in [2.75, 3.05) is 16.8 Å². The molecule has 0 spiro atoms. The molecule has 11 heteroatoms. The van der Waals surface area contributed by atoms with Gasteiger partial charge in [-0.2, -0.15) is 15.2 Å². The van der Waals surface area contributed by atoms with Gasteiger partial charge < -0.3 is 15.3 Å². The van der Waals surface area contributed by atoms with E-state index in [9.17, 15) is 5.11 Å². The monoisotopic (exact) mass is 475 g/mol. The lowest BCUT2D eigenvalue weighted by Crippen LogP contribution is -2.28. The van der Waals surface area contributed by atoms with Crippen LogP contribution < -0.4 is 10.2 Å². The maximum Gasteiger partial charge on any atom is 0.229 e. The third-order valence-corrected chi connectivity index (χ3v) is 6.36. The predicted molar refractivity (Wildman–Crippen MR) is 130 cm³/mol. The number of aliphatic hydroxyl groups is 1. The first-order valence-electron chi connectivity index (χ1n) is 11.0. The molecule has 1 aliphatic heterocycles. The highest BCUT2D eigenvalue weighted by Crippen LogP contribution is 2.29. The van der Waals surface area contributed by atoms with Crippen molar-refractivity contribution in [1.82, 2.24) is 34.5 Å². The fourth-order valence-corrected chi connectivity index (χ4v) is 4.30. The second-order valence-corrected chi connectivity index (χ2v) is 9.34. The van der Waals surface area contributed by atoms with Gasteiger partial charge in [0.1, 0.15) is 22.3 Å². The molecule has 0 bridgehead atoms. The van der Waals surface area contributed by atoms with E-state index in [1.54, 1.807) is 25.5 Å². The Morgan fingerprint density at radius 2 is 2.12 bits per heavy atom. The van der Waals surface area contributed by atoms with Crippen molar-refractivity contribution in [3.8, 4) is 11.8 Å². The molecule has 4 aromatic rings. The molecule has 0 aliphatic carbocycles. The molecule has 1 aliphatic rings. The number of hydrogen-bond acceptors (Lipinski definition) is 9. The highest BCUT2D eigenvalue weighted by molar-refractivity contribution is 7.09. The first-order valence-corrected chi connectivity index (χ1v) is 11.9. The Morgan fingerprint density at radius 3 is 2.88 bits per heavy atom. The maximum absolute atomic E-state index is 10.7. The van der Waals surface area contributed by atoms with Crippen LogP contribution in [0.2, 0.25) is 0 Å². The number of rotatable bonds is 5. The Hall–Kier alpha value is -3.75. The SMILES string of the molecule is CC(C)n1cc(Nc2nccc(N3CCCn4nc(C#CC(C)(O)c5nccs5)cc43)n2)cn1. The quantitative estimate of drug-likeness (QED) is 0.423. The molecule has 0 amide bonds. The largest absolute Gasteiger partial charge is 0.371 e. The molecule has 10 nitrogen and oxygen atoms in total. The Labute approximate surface area is 201 Å². The molecule has 2 N–H and O–H groups in total. The van der Waals surface area contributed by atoms with Crippen molar-refractivity contribution in [2.45, 2.75) is 45.4 Å². The van der Waals surface area contributed by atoms with E-state index < -0.39 is 5.60 Å². The molecule has 0 fully saturated rings. The minimum Gasteiger partial charge on any atom is -0.371 e. The predicted octanol–water partition coefficient (Wildman–Crippen LogP) is 3.45. The molecule has 1 unspecified atom stereocenters. The summed E-state index contributed by atoms with van der Waals surface area (Å²) < 4.78 is 3.80. The number of nitrogens with one attached hydrogen (secondary N) is 1. The van der Waals surface area contributed by atoms with Gasteiger partial charge in [-0.25, -0.2) is 14.6 Å². The minimum absolute atomic E-state index is 0.277. The van der Waals surface area contributed by atoms with E-state index in [0.717, 1.165) is 36.8 Å². The van der Waals surface area contributed by atoms with E-state index >= 15 is 0 Å². The van der Waals surface area contributed by atoms with Gasteiger partial charge in [0.25, 0.3) is 0 Å². The fourth-order valence-electron chi connectivity index (χ4n) is 3.65. The molecule has 174 valence electrons. The highest BCUT2D eigenvalue weighted by atomic mass is 32.1. The molecular formula is C23H25N9OS. The van der Waals surface area contributed by atoms with Crippen molar-refractivity contribution in [1.29, 1.82) is 0 Å². The van der Waals surface area contributed by atoms with Gasteiger partial charge in [0.05, 0.1) is 11.9 Å². The van der Waals surface area contributed by atoms with Gasteiger partial charge in [-0.3, -0.25) is 4.68 Å². The maximum atomic E-state index is 10.7. The van der Waals surface area contributed by atoms with Gasteiger partial charge in [0.2, 0.25) is 5.95 Å². The zero-order valence-corrected chi connectivity index (χ0v) is 20.0. The van der Waals surface area contributed by atoms with Crippen LogP contribution in [0.25, 0.3) is 0 Å². The number of nitrogens with zero attached hydrogens (tertiary/aromatic N) is 8. The van der Waals surface area contributed by atoms with E-state index in [1.807, 2.05) is 33.1 Å². The molecule has 5 heterocycles. The van der Waals surface area contributed by atoms with Crippen LogP contribution in [0.5, 0.6) is 0 Å². The number of aryl methyl sites for hydroxylation is 1. The average Bonchev–Trinajstić information content (AvgIpc) is 3.58. The van der Waals surface area contributed by atoms with Gasteiger partial charge in [0, 0.05) is 49.2 Å². The molecule has 1 atom stereocenters. The van der Waals surface area contributed by atoms with E-state index in [2.05, 4.69) is 56.1 Å². The first-order chi connectivity index (χ1) is 16.4. The summed E-state index contributed by atoms with van der Waals surface area (Å²) in [4.78, 5) is 15.4. The summed E-state index contributed by atoms with van der Waals surface area (Å²) in [5, 5.41) is 25.2. The Balaban J connectivity index is 1.38. The molecule has 5 rings (SSSR count). The molecule has 0 saturated carbocycles. The van der Waals surface area contributed by atoms with Crippen LogP contribution in [0, 0.1) is 11.8 Å². The average molecular weight is 476 g/mol. The smallest absolute Gasteiger partial charge is 0.229 e. The summed E-state index contributed by atoms with van der Waals surface area (Å²) in [5.41, 5.74) is 0.0980. The fraction of sp³-hybridized carbons (Fsp3) is 0.348. The Morgan fingerprint density at radius 1 is 1.24 bits per heavy atom. The van der Waals surface area contributed by atoms with E-state index in [-0.39, 0.29) is 6.04 Å². The molecular weight excluding hydrogens is 450 g/mol. The van der Waals surface area contributed by atoms with Crippen LogP contribution in [0.4, 0.5) is 23.3 Å². The summed E-state index contributed by atoms with van der Waals surface area (Å²) >= 11 is 1.37. The van der Waals surface area contributed by atoms with Crippen molar-refractivity contribution < 1.29 is 5.11 Å². The summed E-state index contributed by atoms with van der Waals surface area (Å²) in [6, 6.07) is 4.08. The third-order valence-electron chi connectivity index (χ3n) is 5.37. The standard InChI is InChI=1S/C23H25N9OS/c1-16(2)32-15-18(14-26-32)27-22-25-8-6-19(28-22)30-10-4-11-31-20(30)13-17(29-31)5-7-23(3,33)21-24-9-12-34-21/h6,8-9,12-16,33H,4,10-11H2,1-3H3,(H,25,27,28). The first kappa shape index (κ1) is 22.1. The second kappa shape index (κ2) is 8.89. The van der Waals surface area contributed by atoms with Crippen LogP contribution in [-0.2, 0) is 12.1 Å². The van der Waals surface area contributed by atoms with Crippen LogP contribution in [0.1, 0.15) is 43.9 Å². The summed E-state index contributed by atoms with van der Waals surface area (Å²) in [6.07, 6.45) is 8.01. The molecule has 0 radical (unpaired) electrons. The van der Waals surface area contributed by atoms with E-state index in [4.69, 9.17) is 4.98 Å². The van der Waals surface area contributed by atoms with Gasteiger partial charge in [0.15, 0.2) is 5.60 Å². The Bertz CT molecular complexity index is 1340. The topological polar surface area (TPSA) is 110 Å². The summed E-state index contributed by atoms with van der Waals surface area (Å²) in [6.45, 7) is 7.39. The van der Waals surface area contributed by atoms with Gasteiger partial charge >= 0.3 is 0 Å². The van der Waals surface area contributed by atoms with Gasteiger partial charge in [-0.05, 0) is 39.2 Å². The number of hydrogen-bond donors (Lipinski definition) is 2.